The van der Waals surface area contributed by atoms with E-state index < -0.39 is 0 Å². The summed E-state index contributed by atoms with van der Waals surface area (Å²) in [7, 11) is 1.74. The summed E-state index contributed by atoms with van der Waals surface area (Å²) in [5.74, 6) is 0. The van der Waals surface area contributed by atoms with Crippen molar-refractivity contribution in [3.05, 3.63) is 10.0 Å². The van der Waals surface area contributed by atoms with Crippen LogP contribution in [0.4, 0.5) is 0 Å². The predicted octanol–water partition coefficient (Wildman–Crippen LogP) is 2.96. The molecule has 1 N–H and O–H groups in total. The van der Waals surface area contributed by atoms with Gasteiger partial charge in [0.05, 0.1) is 11.6 Å². The molecule has 1 atom stereocenters. The second-order valence-electron chi connectivity index (χ2n) is 5.09. The molecule has 0 radical (unpaired) electrons. The molecule has 0 aliphatic rings. The van der Waals surface area contributed by atoms with Crippen molar-refractivity contribution >= 4 is 11.3 Å². The van der Waals surface area contributed by atoms with Crippen LogP contribution in [0.25, 0.3) is 0 Å². The molecule has 0 aromatic carbocycles. The summed E-state index contributed by atoms with van der Waals surface area (Å²) in [5, 5.41) is 14.2. The highest BCUT2D eigenvalue weighted by atomic mass is 32.1. The lowest BCUT2D eigenvalue weighted by Gasteiger charge is -2.20. The van der Waals surface area contributed by atoms with Gasteiger partial charge in [0.2, 0.25) is 0 Å². The first-order valence-electron chi connectivity index (χ1n) is 6.63. The monoisotopic (exact) mass is 271 g/mol. The van der Waals surface area contributed by atoms with E-state index in [4.69, 9.17) is 4.74 Å². The molecule has 0 spiro atoms. The fraction of sp³-hybridized carbons (Fsp3) is 0.846. The third-order valence-corrected chi connectivity index (χ3v) is 4.00. The van der Waals surface area contributed by atoms with Crippen LogP contribution in [0.2, 0.25) is 0 Å². The van der Waals surface area contributed by atoms with Gasteiger partial charge in [-0.15, -0.1) is 10.2 Å². The predicted molar refractivity (Wildman–Crippen MR) is 76.0 cm³/mol. The van der Waals surface area contributed by atoms with E-state index in [2.05, 4.69) is 43.2 Å². The molecule has 0 saturated heterocycles. The summed E-state index contributed by atoms with van der Waals surface area (Å²) in [5.41, 5.74) is -0.171. The van der Waals surface area contributed by atoms with Crippen LogP contribution >= 0.6 is 11.3 Å². The molecule has 104 valence electrons. The Hall–Kier alpha value is -0.520. The van der Waals surface area contributed by atoms with Crippen LogP contribution in [0, 0.1) is 0 Å². The van der Waals surface area contributed by atoms with Gasteiger partial charge in [-0.2, -0.15) is 0 Å². The van der Waals surface area contributed by atoms with Crippen molar-refractivity contribution in [3.8, 4) is 0 Å². The number of hydrogen-bond acceptors (Lipinski definition) is 5. The molecule has 1 unspecified atom stereocenters. The van der Waals surface area contributed by atoms with Crippen molar-refractivity contribution in [1.82, 2.24) is 15.5 Å². The Bertz CT molecular complexity index is 352. The van der Waals surface area contributed by atoms with E-state index in [-0.39, 0.29) is 5.60 Å². The van der Waals surface area contributed by atoms with Crippen LogP contribution in [0.15, 0.2) is 0 Å². The van der Waals surface area contributed by atoms with Gasteiger partial charge in [0, 0.05) is 13.5 Å². The molecule has 1 aromatic rings. The van der Waals surface area contributed by atoms with Gasteiger partial charge in [-0.1, -0.05) is 25.2 Å². The van der Waals surface area contributed by atoms with Crippen molar-refractivity contribution in [1.29, 1.82) is 0 Å². The molecule has 0 fully saturated rings. The number of methoxy groups -OCH3 is 1. The summed E-state index contributed by atoms with van der Waals surface area (Å²) in [4.78, 5) is 0. The molecule has 1 rings (SSSR count). The van der Waals surface area contributed by atoms with Gasteiger partial charge in [0.25, 0.3) is 0 Å². The van der Waals surface area contributed by atoms with Crippen molar-refractivity contribution in [2.75, 3.05) is 13.7 Å². The van der Waals surface area contributed by atoms with Gasteiger partial charge < -0.3 is 10.1 Å². The van der Waals surface area contributed by atoms with E-state index in [1.807, 2.05) is 0 Å². The number of aromatic nitrogens is 2. The zero-order chi connectivity index (χ0) is 13.6. The summed E-state index contributed by atoms with van der Waals surface area (Å²) in [6.07, 6.45) is 2.99. The van der Waals surface area contributed by atoms with Crippen LogP contribution < -0.4 is 5.32 Å². The maximum atomic E-state index is 5.43. The fourth-order valence-corrected chi connectivity index (χ4v) is 2.86. The Kier molecular flexibility index (Phi) is 6.18. The average Bonchev–Trinajstić information content (AvgIpc) is 2.78. The van der Waals surface area contributed by atoms with Gasteiger partial charge in [-0.25, -0.2) is 0 Å². The molecule has 4 nitrogen and oxygen atoms in total. The summed E-state index contributed by atoms with van der Waals surface area (Å²) in [6.45, 7) is 9.51. The maximum absolute atomic E-state index is 5.43. The first kappa shape index (κ1) is 15.5. The highest BCUT2D eigenvalue weighted by Crippen LogP contribution is 2.24. The Morgan fingerprint density at radius 3 is 2.61 bits per heavy atom. The quantitative estimate of drug-likeness (QED) is 0.789. The topological polar surface area (TPSA) is 47.0 Å². The Morgan fingerprint density at radius 2 is 2.06 bits per heavy atom. The van der Waals surface area contributed by atoms with Crippen LogP contribution in [0.3, 0.4) is 0 Å². The van der Waals surface area contributed by atoms with Crippen molar-refractivity contribution < 1.29 is 4.74 Å². The Labute approximate surface area is 114 Å². The zero-order valence-corrected chi connectivity index (χ0v) is 12.9. The van der Waals surface area contributed by atoms with Crippen molar-refractivity contribution in [2.24, 2.45) is 0 Å². The molecule has 0 aliphatic carbocycles. The Balaban J connectivity index is 2.66. The molecule has 1 aromatic heterocycles. The SMILES string of the molecule is CCCNC(CC)c1nnc(CC(C)(C)OC)s1. The molecule has 0 saturated carbocycles. The average molecular weight is 271 g/mol. The number of ether oxygens (including phenoxy) is 1. The smallest absolute Gasteiger partial charge is 0.134 e. The molecule has 0 aliphatic heterocycles. The number of nitrogens with zero attached hydrogens (tertiary/aromatic N) is 2. The van der Waals surface area contributed by atoms with E-state index in [0.717, 1.165) is 35.8 Å². The molecule has 0 bridgehead atoms. The fourth-order valence-electron chi connectivity index (χ4n) is 1.64. The minimum Gasteiger partial charge on any atom is -0.378 e. The van der Waals surface area contributed by atoms with Gasteiger partial charge >= 0.3 is 0 Å². The number of nitrogens with one attached hydrogen (secondary N) is 1. The van der Waals surface area contributed by atoms with E-state index in [1.165, 1.54) is 0 Å². The van der Waals surface area contributed by atoms with E-state index in [0.29, 0.717) is 6.04 Å². The minimum absolute atomic E-state index is 0.171. The second-order valence-corrected chi connectivity index (χ2v) is 6.18. The van der Waals surface area contributed by atoms with Crippen LogP contribution in [-0.2, 0) is 11.2 Å². The van der Waals surface area contributed by atoms with Gasteiger partial charge in [-0.05, 0) is 33.2 Å². The van der Waals surface area contributed by atoms with E-state index in [9.17, 15) is 0 Å². The number of hydrogen-bond donors (Lipinski definition) is 1. The molecule has 18 heavy (non-hydrogen) atoms. The van der Waals surface area contributed by atoms with Gasteiger partial charge in [-0.3, -0.25) is 0 Å². The van der Waals surface area contributed by atoms with Crippen LogP contribution in [0.1, 0.15) is 56.6 Å². The number of rotatable bonds is 8. The summed E-state index contributed by atoms with van der Waals surface area (Å²) in [6, 6.07) is 0.335. The first-order chi connectivity index (χ1) is 8.52. The Morgan fingerprint density at radius 1 is 1.33 bits per heavy atom. The lowest BCUT2D eigenvalue weighted by molar-refractivity contribution is 0.0230. The van der Waals surface area contributed by atoms with Gasteiger partial charge in [0.15, 0.2) is 0 Å². The molecular weight excluding hydrogens is 246 g/mol. The highest BCUT2D eigenvalue weighted by Gasteiger charge is 2.21. The summed E-state index contributed by atoms with van der Waals surface area (Å²) < 4.78 is 5.43. The molecule has 1 heterocycles. The minimum atomic E-state index is -0.171. The molecule has 5 heteroatoms. The third kappa shape index (κ3) is 4.63. The van der Waals surface area contributed by atoms with E-state index >= 15 is 0 Å². The molecule has 0 amide bonds. The zero-order valence-electron chi connectivity index (χ0n) is 12.1. The second kappa shape index (κ2) is 7.16. The lowest BCUT2D eigenvalue weighted by Crippen LogP contribution is -2.25. The normalized spacial score (nSPS) is 13.8. The van der Waals surface area contributed by atoms with Crippen LogP contribution in [0.5, 0.6) is 0 Å². The summed E-state index contributed by atoms with van der Waals surface area (Å²) >= 11 is 1.69. The largest absolute Gasteiger partial charge is 0.378 e. The van der Waals surface area contributed by atoms with Crippen LogP contribution in [-0.4, -0.2) is 29.5 Å². The lowest BCUT2D eigenvalue weighted by atomic mass is 10.1. The third-order valence-electron chi connectivity index (χ3n) is 2.96. The highest BCUT2D eigenvalue weighted by molar-refractivity contribution is 7.11. The molecular formula is C13H25N3OS. The van der Waals surface area contributed by atoms with Crippen molar-refractivity contribution in [3.63, 3.8) is 0 Å². The van der Waals surface area contributed by atoms with Crippen molar-refractivity contribution in [2.45, 2.75) is 58.6 Å². The van der Waals surface area contributed by atoms with Gasteiger partial charge in [0.1, 0.15) is 10.0 Å². The standard InChI is InChI=1S/C13H25N3OS/c1-6-8-14-10(7-2)12-16-15-11(18-12)9-13(3,4)17-5/h10,14H,6-9H2,1-5H3. The first-order valence-corrected chi connectivity index (χ1v) is 7.44. The maximum Gasteiger partial charge on any atom is 0.134 e. The van der Waals surface area contributed by atoms with E-state index in [1.54, 1.807) is 18.4 Å².